The number of nitrogens with one attached hydrogen (secondary N) is 1. The molecule has 0 saturated carbocycles. The van der Waals surface area contributed by atoms with Gasteiger partial charge >= 0.3 is 0 Å². The number of allylic oxidation sites excluding steroid dienone is 2. The second kappa shape index (κ2) is 8.66. The average Bonchev–Trinajstić information content (AvgIpc) is 2.86. The van der Waals surface area contributed by atoms with Crippen LogP contribution in [0.5, 0.6) is 0 Å². The second-order valence-electron chi connectivity index (χ2n) is 7.88. The fraction of sp³-hybridized carbons (Fsp3) is 0. The number of hydrogen-bond acceptors (Lipinski definition) is 6. The van der Waals surface area contributed by atoms with Crippen molar-refractivity contribution in [2.75, 3.05) is 5.32 Å². The van der Waals surface area contributed by atoms with E-state index < -0.39 is 16.0 Å². The topological polar surface area (TPSA) is 116 Å². The van der Waals surface area contributed by atoms with Crippen molar-refractivity contribution in [3.05, 3.63) is 119 Å². The molecule has 172 valence electrons. The minimum absolute atomic E-state index is 0.00595. The van der Waals surface area contributed by atoms with Gasteiger partial charge in [-0.25, -0.2) is 0 Å². The Morgan fingerprint density at radius 3 is 2.17 bits per heavy atom. The van der Waals surface area contributed by atoms with E-state index in [0.717, 1.165) is 10.8 Å². The zero-order chi connectivity index (χ0) is 24.6. The second-order valence-corrected chi connectivity index (χ2v) is 9.49. The number of ketones is 1. The molecule has 5 rings (SSSR count). The molecule has 1 aliphatic carbocycles. The van der Waals surface area contributed by atoms with Crippen LogP contribution in [0.4, 0.5) is 5.69 Å². The Kier molecular flexibility index (Phi) is 5.50. The van der Waals surface area contributed by atoms with Gasteiger partial charge in [0.05, 0.1) is 22.3 Å². The van der Waals surface area contributed by atoms with Crippen molar-refractivity contribution in [1.82, 2.24) is 0 Å². The summed E-state index contributed by atoms with van der Waals surface area (Å²) in [5.41, 5.74) is 1.37. The summed E-state index contributed by atoms with van der Waals surface area (Å²) >= 11 is 0. The maximum absolute atomic E-state index is 13.2. The third kappa shape index (κ3) is 4.34. The molecule has 0 heterocycles. The quantitative estimate of drug-likeness (QED) is 0.466. The molecule has 0 fully saturated rings. The highest BCUT2D eigenvalue weighted by molar-refractivity contribution is 7.90. The van der Waals surface area contributed by atoms with Crippen molar-refractivity contribution in [2.45, 2.75) is 4.90 Å². The van der Waals surface area contributed by atoms with Gasteiger partial charge in [-0.3, -0.25) is 4.79 Å². The molecule has 0 atom stereocenters. The monoisotopic (exact) mass is 481 g/mol. The van der Waals surface area contributed by atoms with E-state index >= 15 is 0 Å². The maximum Gasteiger partial charge on any atom is 0.282 e. The molecule has 4 aromatic carbocycles. The van der Waals surface area contributed by atoms with Crippen molar-refractivity contribution >= 4 is 43.9 Å². The van der Waals surface area contributed by atoms with Crippen LogP contribution in [0.15, 0.2) is 112 Å². The van der Waals surface area contributed by atoms with Gasteiger partial charge in [-0.2, -0.15) is 12.8 Å². The molecule has 1 aliphatic rings. The zero-order valence-electron chi connectivity index (χ0n) is 18.1. The van der Waals surface area contributed by atoms with Crippen molar-refractivity contribution in [3.63, 3.8) is 0 Å². The van der Waals surface area contributed by atoms with E-state index in [9.17, 15) is 23.1 Å². The zero-order valence-corrected chi connectivity index (χ0v) is 19.0. The van der Waals surface area contributed by atoms with E-state index in [4.69, 9.17) is 0 Å². The van der Waals surface area contributed by atoms with Crippen LogP contribution in [0.1, 0.15) is 26.3 Å². The van der Waals surface area contributed by atoms with Crippen LogP contribution in [-0.2, 0) is 10.0 Å². The first-order valence-corrected chi connectivity index (χ1v) is 12.0. The summed E-state index contributed by atoms with van der Waals surface area (Å²) in [5, 5.41) is 15.6. The van der Waals surface area contributed by atoms with E-state index in [2.05, 4.69) is 9.71 Å². The molecule has 35 heavy (non-hydrogen) atoms. The first-order chi connectivity index (χ1) is 16.8. The SMILES string of the molecule is O=C([O-])c1ccc(NC2=CC(=NS(=O)(=O)c3ccc4ccccc4c3)c3ccccc3C2=O)cc1. The molecule has 0 unspecified atom stereocenters. The van der Waals surface area contributed by atoms with E-state index in [0.29, 0.717) is 16.8 Å². The Morgan fingerprint density at radius 1 is 0.800 bits per heavy atom. The van der Waals surface area contributed by atoms with Gasteiger partial charge in [-0.05, 0) is 46.7 Å². The normalized spacial score (nSPS) is 14.5. The number of carbonyl (C=O) groups is 2. The molecular weight excluding hydrogens is 464 g/mol. The number of benzene rings is 4. The van der Waals surface area contributed by atoms with Crippen molar-refractivity contribution in [2.24, 2.45) is 4.40 Å². The average molecular weight is 482 g/mol. The summed E-state index contributed by atoms with van der Waals surface area (Å²) < 4.78 is 30.5. The number of Topliss-reactive ketones (excluding diaryl/α,β-unsaturated/α-hetero) is 1. The molecule has 0 amide bonds. The standard InChI is InChI=1S/C27H18N2O5S/c30-26-23-8-4-3-7-22(23)24(16-25(26)28-20-12-9-18(10-13-20)27(31)32)29-35(33,34)21-14-11-17-5-1-2-6-19(17)15-21/h1-16,28H,(H,31,32)/p-1. The molecular formula is C27H17N2O5S-. The summed E-state index contributed by atoms with van der Waals surface area (Å²) in [6, 6.07) is 24.5. The number of rotatable bonds is 5. The Hall–Kier alpha value is -4.56. The lowest BCUT2D eigenvalue weighted by Crippen LogP contribution is -2.23. The van der Waals surface area contributed by atoms with Gasteiger partial charge in [0.25, 0.3) is 10.0 Å². The molecule has 1 N–H and O–H groups in total. The van der Waals surface area contributed by atoms with Crippen LogP contribution < -0.4 is 10.4 Å². The first-order valence-electron chi connectivity index (χ1n) is 10.6. The summed E-state index contributed by atoms with van der Waals surface area (Å²) in [7, 11) is -4.09. The summed E-state index contributed by atoms with van der Waals surface area (Å²) in [5.74, 6) is -1.65. The summed E-state index contributed by atoms with van der Waals surface area (Å²) in [6.45, 7) is 0. The van der Waals surface area contributed by atoms with Gasteiger partial charge in [0.1, 0.15) is 0 Å². The maximum atomic E-state index is 13.2. The number of sulfonamides is 1. The molecule has 0 bridgehead atoms. The highest BCUT2D eigenvalue weighted by Crippen LogP contribution is 2.26. The summed E-state index contributed by atoms with van der Waals surface area (Å²) in [4.78, 5) is 24.1. The Balaban J connectivity index is 1.57. The van der Waals surface area contributed by atoms with Crippen LogP contribution >= 0.6 is 0 Å². The first kappa shape index (κ1) is 22.2. The van der Waals surface area contributed by atoms with Crippen LogP contribution in [-0.4, -0.2) is 25.9 Å². The third-order valence-corrected chi connectivity index (χ3v) is 6.90. The van der Waals surface area contributed by atoms with Crippen LogP contribution in [0.2, 0.25) is 0 Å². The van der Waals surface area contributed by atoms with Crippen LogP contribution in [0.3, 0.4) is 0 Å². The smallest absolute Gasteiger partial charge is 0.282 e. The number of carbonyl (C=O) groups excluding carboxylic acids is 2. The molecule has 8 heteroatoms. The highest BCUT2D eigenvalue weighted by atomic mass is 32.2. The summed E-state index contributed by atoms with van der Waals surface area (Å²) in [6.07, 6.45) is 1.38. The van der Waals surface area contributed by atoms with Crippen molar-refractivity contribution in [3.8, 4) is 0 Å². The molecule has 0 aliphatic heterocycles. The van der Waals surface area contributed by atoms with Crippen LogP contribution in [0.25, 0.3) is 10.8 Å². The minimum Gasteiger partial charge on any atom is -0.545 e. The predicted octanol–water partition coefficient (Wildman–Crippen LogP) is 3.57. The number of carboxylic acid groups (broad SMARTS) is 1. The fourth-order valence-electron chi connectivity index (χ4n) is 3.85. The number of carboxylic acids is 1. The van der Waals surface area contributed by atoms with Crippen LogP contribution in [0, 0.1) is 0 Å². The Morgan fingerprint density at radius 2 is 1.46 bits per heavy atom. The van der Waals surface area contributed by atoms with Gasteiger partial charge in [-0.1, -0.05) is 66.7 Å². The van der Waals surface area contributed by atoms with Gasteiger partial charge in [0.15, 0.2) is 0 Å². The molecule has 0 radical (unpaired) electrons. The number of nitrogens with zero attached hydrogens (tertiary/aromatic N) is 1. The van der Waals surface area contributed by atoms with Gasteiger partial charge in [0, 0.05) is 16.8 Å². The molecule has 0 spiro atoms. The Labute approximate surface area is 201 Å². The third-order valence-electron chi connectivity index (χ3n) is 5.61. The van der Waals surface area contributed by atoms with E-state index in [-0.39, 0.29) is 27.7 Å². The van der Waals surface area contributed by atoms with Gasteiger partial charge in [-0.15, -0.1) is 0 Å². The van der Waals surface area contributed by atoms with E-state index in [1.165, 1.54) is 36.4 Å². The molecule has 0 aromatic heterocycles. The molecule has 4 aromatic rings. The predicted molar refractivity (Wildman–Crippen MR) is 131 cm³/mol. The fourth-order valence-corrected chi connectivity index (χ4v) is 4.88. The lowest BCUT2D eigenvalue weighted by molar-refractivity contribution is -0.255. The van der Waals surface area contributed by atoms with E-state index in [1.54, 1.807) is 36.4 Å². The van der Waals surface area contributed by atoms with Crippen molar-refractivity contribution in [1.29, 1.82) is 0 Å². The number of anilines is 1. The minimum atomic E-state index is -4.09. The largest absolute Gasteiger partial charge is 0.545 e. The molecule has 0 saturated heterocycles. The number of aromatic carboxylic acids is 1. The molecule has 7 nitrogen and oxygen atoms in total. The lowest BCUT2D eigenvalue weighted by Gasteiger charge is -2.19. The van der Waals surface area contributed by atoms with Gasteiger partial charge in [0.2, 0.25) is 5.78 Å². The number of hydrogen-bond donors (Lipinski definition) is 1. The van der Waals surface area contributed by atoms with E-state index in [1.807, 2.05) is 24.3 Å². The number of fused-ring (bicyclic) bond motifs is 2. The van der Waals surface area contributed by atoms with Crippen molar-refractivity contribution < 1.29 is 23.1 Å². The highest BCUT2D eigenvalue weighted by Gasteiger charge is 2.26. The Bertz CT molecular complexity index is 1670. The van der Waals surface area contributed by atoms with Gasteiger partial charge < -0.3 is 15.2 Å². The lowest BCUT2D eigenvalue weighted by atomic mass is 9.92.